The van der Waals surface area contributed by atoms with Crippen molar-refractivity contribution in [3.63, 3.8) is 0 Å². The molecule has 0 unspecified atom stereocenters. The standard InChI is InChI=1S/C19H16N3O4.C5H5.Fe/c1-2-26-19(23)17-15(12-7-9-14(10-8-12)22(24)25)11-16(21-18(17)20)13-5-3-4-6-13;1-2-4-5-3-1;/h3-11H,2H2,1H3,(H2,20,21);1-5H;/q;;+2. The monoisotopic (exact) mass is 471 g/mol. The number of carbonyl (C=O) groups is 1. The maximum absolute atomic E-state index is 12.4. The van der Waals surface area contributed by atoms with Crippen LogP contribution in [0.3, 0.4) is 0 Å². The number of hydrogen-bond donors (Lipinski definition) is 1. The van der Waals surface area contributed by atoms with Crippen molar-refractivity contribution in [1.82, 2.24) is 4.98 Å². The van der Waals surface area contributed by atoms with Crippen LogP contribution in [0.2, 0.25) is 0 Å². The van der Waals surface area contributed by atoms with Crippen LogP contribution in [0, 0.1) is 73.8 Å². The summed E-state index contributed by atoms with van der Waals surface area (Å²) in [6, 6.07) is 7.64. The first-order chi connectivity index (χ1) is 15.0. The van der Waals surface area contributed by atoms with Crippen molar-refractivity contribution in [2.75, 3.05) is 12.3 Å². The molecule has 2 N–H and O–H groups in total. The van der Waals surface area contributed by atoms with Gasteiger partial charge in [-0.3, -0.25) is 10.1 Å². The molecule has 2 aromatic rings. The Morgan fingerprint density at radius 2 is 1.59 bits per heavy atom. The van der Waals surface area contributed by atoms with E-state index in [-0.39, 0.29) is 40.7 Å². The molecule has 1 heterocycles. The summed E-state index contributed by atoms with van der Waals surface area (Å²) in [5, 5.41) is 10.9. The fourth-order valence-corrected chi connectivity index (χ4v) is 2.99. The van der Waals surface area contributed by atoms with Gasteiger partial charge in [0.2, 0.25) is 0 Å². The number of esters is 1. The van der Waals surface area contributed by atoms with E-state index in [4.69, 9.17) is 10.5 Å². The van der Waals surface area contributed by atoms with Crippen LogP contribution in [0.1, 0.15) is 23.0 Å². The summed E-state index contributed by atoms with van der Waals surface area (Å²) < 4.78 is 5.10. The Morgan fingerprint density at radius 3 is 2.09 bits per heavy atom. The molecule has 4 rings (SSSR count). The van der Waals surface area contributed by atoms with Gasteiger partial charge in [0.15, 0.2) is 0 Å². The fraction of sp³-hybridized carbons (Fsp3) is 0.0833. The number of nitro benzene ring substituents is 1. The Labute approximate surface area is 199 Å². The second-order valence-electron chi connectivity index (χ2n) is 6.48. The summed E-state index contributed by atoms with van der Waals surface area (Å²) in [7, 11) is 0. The van der Waals surface area contributed by atoms with Crippen molar-refractivity contribution in [1.29, 1.82) is 0 Å². The number of carbonyl (C=O) groups excluding carboxylic acids is 1. The second-order valence-corrected chi connectivity index (χ2v) is 6.48. The van der Waals surface area contributed by atoms with E-state index in [2.05, 4.69) is 4.98 Å². The molecule has 0 spiro atoms. The van der Waals surface area contributed by atoms with Crippen LogP contribution >= 0.6 is 0 Å². The van der Waals surface area contributed by atoms with Gasteiger partial charge in [-0.15, -0.1) is 0 Å². The fourth-order valence-electron chi connectivity index (χ4n) is 2.99. The number of nitro groups is 1. The number of pyridine rings is 1. The largest absolute Gasteiger partial charge is 2.00 e. The van der Waals surface area contributed by atoms with Crippen molar-refractivity contribution < 1.29 is 31.5 Å². The third-order valence-electron chi connectivity index (χ3n) is 4.43. The van der Waals surface area contributed by atoms with Gasteiger partial charge in [0, 0.05) is 23.6 Å². The zero-order valence-corrected chi connectivity index (χ0v) is 18.4. The van der Waals surface area contributed by atoms with Crippen molar-refractivity contribution >= 4 is 17.5 Å². The van der Waals surface area contributed by atoms with E-state index in [0.29, 0.717) is 16.8 Å². The van der Waals surface area contributed by atoms with Crippen molar-refractivity contribution in [2.24, 2.45) is 0 Å². The Morgan fingerprint density at radius 1 is 1.03 bits per heavy atom. The van der Waals surface area contributed by atoms with Crippen molar-refractivity contribution in [3.05, 3.63) is 115 Å². The SMILES string of the molecule is CCOC(=O)c1c(-c2ccc([N+](=O)[O-])cc2)cc([C]2[CH][CH][CH][CH]2)nc1N.[CH]1[CH][CH][CH][CH]1.[Fe+2]. The van der Waals surface area contributed by atoms with Gasteiger partial charge in [-0.25, -0.2) is 9.78 Å². The number of ether oxygens (including phenoxy) is 1. The van der Waals surface area contributed by atoms with E-state index in [1.807, 2.05) is 57.8 Å². The van der Waals surface area contributed by atoms with Crippen LogP contribution < -0.4 is 5.73 Å². The molecule has 2 aliphatic carbocycles. The maximum Gasteiger partial charge on any atom is 2.00 e. The number of nitrogen functional groups attached to an aromatic ring is 1. The van der Waals surface area contributed by atoms with E-state index >= 15 is 0 Å². The molecule has 2 fully saturated rings. The first-order valence-electron chi connectivity index (χ1n) is 9.62. The van der Waals surface area contributed by atoms with E-state index in [1.165, 1.54) is 12.1 Å². The average Bonchev–Trinajstić information content (AvgIpc) is 3.50. The molecular weight excluding hydrogens is 450 g/mol. The van der Waals surface area contributed by atoms with E-state index < -0.39 is 10.9 Å². The summed E-state index contributed by atoms with van der Waals surface area (Å²) >= 11 is 0. The van der Waals surface area contributed by atoms with E-state index in [0.717, 1.165) is 5.92 Å². The number of nitrogens with two attached hydrogens (primary N) is 1. The Hall–Kier alpha value is -2.44. The Kier molecular flexibility index (Phi) is 10.1. The number of benzene rings is 1. The first-order valence-corrected chi connectivity index (χ1v) is 9.62. The van der Waals surface area contributed by atoms with E-state index in [1.54, 1.807) is 25.1 Å². The first kappa shape index (κ1) is 25.8. The summed E-state index contributed by atoms with van der Waals surface area (Å²) in [6.07, 6.45) is 17.5. The molecule has 2 saturated carbocycles. The zero-order valence-electron chi connectivity index (χ0n) is 17.2. The van der Waals surface area contributed by atoms with Crippen LogP contribution in [0.4, 0.5) is 11.5 Å². The molecule has 0 saturated heterocycles. The van der Waals surface area contributed by atoms with Crippen molar-refractivity contribution in [3.8, 4) is 11.1 Å². The molecule has 1 aromatic heterocycles. The Bertz CT molecular complexity index is 901. The molecule has 8 heteroatoms. The zero-order chi connectivity index (χ0) is 22.2. The van der Waals surface area contributed by atoms with Crippen LogP contribution in [0.25, 0.3) is 11.1 Å². The predicted molar refractivity (Wildman–Crippen MR) is 118 cm³/mol. The topological polar surface area (TPSA) is 108 Å². The maximum atomic E-state index is 12.4. The van der Waals surface area contributed by atoms with Gasteiger partial charge in [-0.05, 0) is 88.5 Å². The van der Waals surface area contributed by atoms with Crippen molar-refractivity contribution in [2.45, 2.75) is 6.92 Å². The molecule has 0 aliphatic heterocycles. The second kappa shape index (κ2) is 12.6. The van der Waals surface area contributed by atoms with Gasteiger partial charge < -0.3 is 10.5 Å². The van der Waals surface area contributed by atoms with Crippen LogP contribution in [0.5, 0.6) is 0 Å². The summed E-state index contributed by atoms with van der Waals surface area (Å²) in [5.74, 6) is 0.325. The minimum absolute atomic E-state index is 0. The van der Waals surface area contributed by atoms with Gasteiger partial charge in [0.25, 0.3) is 5.69 Å². The number of non-ortho nitro benzene ring substituents is 1. The van der Waals surface area contributed by atoms with Crippen LogP contribution in [-0.2, 0) is 21.8 Å². The predicted octanol–water partition coefficient (Wildman–Crippen LogP) is 4.19. The van der Waals surface area contributed by atoms with Gasteiger partial charge in [0.1, 0.15) is 11.4 Å². The Balaban J connectivity index is 0.000000534. The number of nitrogens with zero attached hydrogens (tertiary/aromatic N) is 2. The molecule has 0 bridgehead atoms. The number of hydrogen-bond acceptors (Lipinski definition) is 6. The summed E-state index contributed by atoms with van der Waals surface area (Å²) in [6.45, 7) is 1.90. The number of aromatic nitrogens is 1. The van der Waals surface area contributed by atoms with Crippen LogP contribution in [-0.4, -0.2) is 22.5 Å². The molecule has 7 nitrogen and oxygen atoms in total. The molecule has 0 amide bonds. The third-order valence-corrected chi connectivity index (χ3v) is 4.43. The van der Waals surface area contributed by atoms with Gasteiger partial charge in [-0.1, -0.05) is 0 Å². The quantitative estimate of drug-likeness (QED) is 0.303. The van der Waals surface area contributed by atoms with Gasteiger partial charge in [0.05, 0.1) is 17.2 Å². The van der Waals surface area contributed by atoms with Gasteiger partial charge in [-0.2, -0.15) is 0 Å². The minimum Gasteiger partial charge on any atom is -0.462 e. The van der Waals surface area contributed by atoms with E-state index in [9.17, 15) is 14.9 Å². The molecule has 10 radical (unpaired) electrons. The van der Waals surface area contributed by atoms with Gasteiger partial charge >= 0.3 is 23.0 Å². The average molecular weight is 471 g/mol. The molecule has 162 valence electrons. The number of anilines is 1. The molecule has 32 heavy (non-hydrogen) atoms. The number of rotatable bonds is 5. The summed E-state index contributed by atoms with van der Waals surface area (Å²) in [5.41, 5.74) is 7.90. The third kappa shape index (κ3) is 6.53. The smallest absolute Gasteiger partial charge is 0.462 e. The summed E-state index contributed by atoms with van der Waals surface area (Å²) in [4.78, 5) is 27.1. The molecule has 1 aromatic carbocycles. The molecule has 2 aliphatic rings. The molecule has 0 atom stereocenters. The van der Waals surface area contributed by atoms with Crippen LogP contribution in [0.15, 0.2) is 30.3 Å². The normalized spacial score (nSPS) is 15.4. The molecular formula is C24H21FeN3O4+2. The minimum atomic E-state index is -0.583.